The predicted octanol–water partition coefficient (Wildman–Crippen LogP) is 1.59. The molecule has 74 valence electrons. The van der Waals surface area contributed by atoms with Crippen molar-refractivity contribution in [2.24, 2.45) is 0 Å². The van der Waals surface area contributed by atoms with Gasteiger partial charge in [-0.2, -0.15) is 0 Å². The maximum atomic E-state index is 10.8. The van der Waals surface area contributed by atoms with E-state index in [9.17, 15) is 4.79 Å². The van der Waals surface area contributed by atoms with Crippen molar-refractivity contribution in [3.05, 3.63) is 34.9 Å². The van der Waals surface area contributed by atoms with Gasteiger partial charge in [0.15, 0.2) is 0 Å². The normalized spacial score (nSPS) is 20.2. The maximum absolute atomic E-state index is 10.8. The van der Waals surface area contributed by atoms with Crippen LogP contribution < -0.4 is 5.32 Å². The van der Waals surface area contributed by atoms with Crippen molar-refractivity contribution in [3.8, 4) is 0 Å². The second kappa shape index (κ2) is 3.42. The first kappa shape index (κ1) is 9.21. The zero-order valence-electron chi connectivity index (χ0n) is 8.08. The van der Waals surface area contributed by atoms with Crippen molar-refractivity contribution in [2.45, 2.75) is 19.4 Å². The molecule has 0 radical (unpaired) electrons. The topological polar surface area (TPSA) is 49.3 Å². The van der Waals surface area contributed by atoms with E-state index in [1.54, 1.807) is 12.1 Å². The van der Waals surface area contributed by atoms with E-state index in [4.69, 9.17) is 5.11 Å². The minimum Gasteiger partial charge on any atom is -0.478 e. The van der Waals surface area contributed by atoms with E-state index in [2.05, 4.69) is 12.2 Å². The van der Waals surface area contributed by atoms with E-state index in [0.29, 0.717) is 11.6 Å². The van der Waals surface area contributed by atoms with Crippen molar-refractivity contribution in [1.82, 2.24) is 5.32 Å². The largest absolute Gasteiger partial charge is 0.478 e. The lowest BCUT2D eigenvalue weighted by Crippen LogP contribution is -2.27. The van der Waals surface area contributed by atoms with Crippen LogP contribution in [0.5, 0.6) is 0 Å². The molecular weight excluding hydrogens is 178 g/mol. The number of carboxylic acid groups (broad SMARTS) is 1. The maximum Gasteiger partial charge on any atom is 0.335 e. The second-order valence-electron chi connectivity index (χ2n) is 3.64. The summed E-state index contributed by atoms with van der Waals surface area (Å²) in [5.74, 6) is -0.848. The van der Waals surface area contributed by atoms with E-state index in [0.717, 1.165) is 18.5 Å². The number of aromatic carboxylic acids is 1. The third-order valence-corrected chi connectivity index (χ3v) is 2.70. The van der Waals surface area contributed by atoms with Gasteiger partial charge in [0.25, 0.3) is 0 Å². The molecule has 0 fully saturated rings. The monoisotopic (exact) mass is 191 g/mol. The van der Waals surface area contributed by atoms with Crippen molar-refractivity contribution in [2.75, 3.05) is 6.54 Å². The van der Waals surface area contributed by atoms with Gasteiger partial charge in [-0.1, -0.05) is 6.07 Å². The molecule has 0 aliphatic carbocycles. The summed E-state index contributed by atoms with van der Waals surface area (Å²) >= 11 is 0. The summed E-state index contributed by atoms with van der Waals surface area (Å²) in [6.45, 7) is 3.02. The highest BCUT2D eigenvalue weighted by atomic mass is 16.4. The van der Waals surface area contributed by atoms with Gasteiger partial charge in [0.05, 0.1) is 5.56 Å². The molecule has 2 rings (SSSR count). The molecule has 0 unspecified atom stereocenters. The third-order valence-electron chi connectivity index (χ3n) is 2.70. The summed E-state index contributed by atoms with van der Waals surface area (Å²) in [5, 5.41) is 12.2. The Balaban J connectivity index is 2.44. The van der Waals surface area contributed by atoms with Gasteiger partial charge in [-0.3, -0.25) is 0 Å². The SMILES string of the molecule is C[C@H]1NCCc2cc(C(=O)O)ccc21. The molecule has 1 aromatic rings. The number of fused-ring (bicyclic) bond motifs is 1. The lowest BCUT2D eigenvalue weighted by molar-refractivity contribution is 0.0696. The molecule has 0 amide bonds. The van der Waals surface area contributed by atoms with Crippen LogP contribution in [0.15, 0.2) is 18.2 Å². The molecule has 3 heteroatoms. The second-order valence-corrected chi connectivity index (χ2v) is 3.64. The summed E-state index contributed by atoms with van der Waals surface area (Å²) < 4.78 is 0. The van der Waals surface area contributed by atoms with Crippen LogP contribution in [-0.4, -0.2) is 17.6 Å². The highest BCUT2D eigenvalue weighted by Gasteiger charge is 2.16. The van der Waals surface area contributed by atoms with E-state index in [1.807, 2.05) is 6.07 Å². The number of hydrogen-bond acceptors (Lipinski definition) is 2. The number of carbonyl (C=O) groups is 1. The first-order chi connectivity index (χ1) is 6.68. The highest BCUT2D eigenvalue weighted by molar-refractivity contribution is 5.87. The predicted molar refractivity (Wildman–Crippen MR) is 53.5 cm³/mol. The minimum absolute atomic E-state index is 0.335. The Morgan fingerprint density at radius 1 is 1.57 bits per heavy atom. The zero-order valence-corrected chi connectivity index (χ0v) is 8.08. The number of rotatable bonds is 1. The minimum atomic E-state index is -0.848. The van der Waals surface area contributed by atoms with Gasteiger partial charge in [-0.15, -0.1) is 0 Å². The van der Waals surface area contributed by atoms with Gasteiger partial charge in [0.1, 0.15) is 0 Å². The summed E-state index contributed by atoms with van der Waals surface area (Å²) in [5.41, 5.74) is 2.77. The molecule has 0 aromatic heterocycles. The summed E-state index contributed by atoms with van der Waals surface area (Å²) in [7, 11) is 0. The molecular formula is C11H13NO2. The Bertz CT molecular complexity index is 374. The van der Waals surface area contributed by atoms with E-state index >= 15 is 0 Å². The Kier molecular flexibility index (Phi) is 2.25. The average molecular weight is 191 g/mol. The number of carboxylic acids is 1. The zero-order chi connectivity index (χ0) is 10.1. The van der Waals surface area contributed by atoms with Crippen LogP contribution in [0.3, 0.4) is 0 Å². The lowest BCUT2D eigenvalue weighted by Gasteiger charge is -2.23. The standard InChI is InChI=1S/C11H13NO2/c1-7-10-3-2-9(11(13)14)6-8(10)4-5-12-7/h2-3,6-7,12H,4-5H2,1H3,(H,13,14)/t7-/m1/s1. The van der Waals surface area contributed by atoms with E-state index in [1.165, 1.54) is 5.56 Å². The van der Waals surface area contributed by atoms with Gasteiger partial charge in [-0.25, -0.2) is 4.79 Å². The van der Waals surface area contributed by atoms with Crippen LogP contribution in [0.4, 0.5) is 0 Å². The fraction of sp³-hybridized carbons (Fsp3) is 0.364. The molecule has 3 nitrogen and oxygen atoms in total. The molecule has 1 aliphatic heterocycles. The van der Waals surface area contributed by atoms with Crippen LogP contribution in [0.1, 0.15) is 34.5 Å². The smallest absolute Gasteiger partial charge is 0.335 e. The van der Waals surface area contributed by atoms with Crippen LogP contribution in [0, 0.1) is 0 Å². The molecule has 1 atom stereocenters. The van der Waals surface area contributed by atoms with Crippen LogP contribution >= 0.6 is 0 Å². The van der Waals surface area contributed by atoms with E-state index in [-0.39, 0.29) is 0 Å². The Morgan fingerprint density at radius 2 is 2.36 bits per heavy atom. The van der Waals surface area contributed by atoms with Crippen molar-refractivity contribution in [3.63, 3.8) is 0 Å². The average Bonchev–Trinajstić information content (AvgIpc) is 2.17. The van der Waals surface area contributed by atoms with Crippen LogP contribution in [-0.2, 0) is 6.42 Å². The van der Waals surface area contributed by atoms with Crippen molar-refractivity contribution in [1.29, 1.82) is 0 Å². The first-order valence-corrected chi connectivity index (χ1v) is 4.78. The van der Waals surface area contributed by atoms with Gasteiger partial charge < -0.3 is 10.4 Å². The Hall–Kier alpha value is -1.35. The number of benzene rings is 1. The summed E-state index contributed by atoms with van der Waals surface area (Å²) in [4.78, 5) is 10.8. The molecule has 1 aliphatic rings. The van der Waals surface area contributed by atoms with Crippen LogP contribution in [0.25, 0.3) is 0 Å². The summed E-state index contributed by atoms with van der Waals surface area (Å²) in [6.07, 6.45) is 0.917. The van der Waals surface area contributed by atoms with Crippen molar-refractivity contribution < 1.29 is 9.90 Å². The molecule has 14 heavy (non-hydrogen) atoms. The lowest BCUT2D eigenvalue weighted by atomic mass is 9.93. The number of hydrogen-bond donors (Lipinski definition) is 2. The Labute approximate surface area is 82.8 Å². The molecule has 0 bridgehead atoms. The highest BCUT2D eigenvalue weighted by Crippen LogP contribution is 2.23. The van der Waals surface area contributed by atoms with Gasteiger partial charge in [0, 0.05) is 6.04 Å². The molecule has 1 heterocycles. The number of nitrogens with one attached hydrogen (secondary N) is 1. The van der Waals surface area contributed by atoms with Crippen LogP contribution in [0.2, 0.25) is 0 Å². The van der Waals surface area contributed by atoms with Gasteiger partial charge in [-0.05, 0) is 43.1 Å². The summed E-state index contributed by atoms with van der Waals surface area (Å²) in [6, 6.07) is 5.71. The van der Waals surface area contributed by atoms with E-state index < -0.39 is 5.97 Å². The molecule has 0 saturated carbocycles. The molecule has 1 aromatic carbocycles. The quantitative estimate of drug-likeness (QED) is 0.708. The molecule has 2 N–H and O–H groups in total. The third kappa shape index (κ3) is 1.51. The fourth-order valence-corrected chi connectivity index (χ4v) is 1.91. The van der Waals surface area contributed by atoms with Gasteiger partial charge >= 0.3 is 5.97 Å². The Morgan fingerprint density at radius 3 is 3.07 bits per heavy atom. The van der Waals surface area contributed by atoms with Gasteiger partial charge in [0.2, 0.25) is 0 Å². The fourth-order valence-electron chi connectivity index (χ4n) is 1.91. The van der Waals surface area contributed by atoms with Crippen molar-refractivity contribution >= 4 is 5.97 Å². The molecule has 0 saturated heterocycles. The first-order valence-electron chi connectivity index (χ1n) is 4.78. The molecule has 0 spiro atoms.